The smallest absolute Gasteiger partial charge is 0.179 e. The zero-order chi connectivity index (χ0) is 14.7. The fourth-order valence-corrected chi connectivity index (χ4v) is 3.17. The standard InChI is InChI=1S/C16H20ClNO3/c17-14-8-13(9-15-16(14)21-7-1-6-20-15)10-18-4-2-12(11-19)3-5-18/h8-9,11-12H,1-7,10H2. The molecule has 0 spiro atoms. The Morgan fingerprint density at radius 2 is 2.00 bits per heavy atom. The Bertz CT molecular complexity index is 512. The summed E-state index contributed by atoms with van der Waals surface area (Å²) in [4.78, 5) is 13.2. The second-order valence-corrected chi connectivity index (χ2v) is 6.11. The second-order valence-electron chi connectivity index (χ2n) is 5.71. The summed E-state index contributed by atoms with van der Waals surface area (Å²) in [6.07, 6.45) is 3.85. The molecule has 3 rings (SSSR count). The van der Waals surface area contributed by atoms with Crippen LogP contribution in [0.25, 0.3) is 0 Å². The number of likely N-dealkylation sites (tertiary alicyclic amines) is 1. The number of carbonyl (C=O) groups is 1. The van der Waals surface area contributed by atoms with Crippen LogP contribution in [0.4, 0.5) is 0 Å². The second kappa shape index (κ2) is 6.67. The Balaban J connectivity index is 1.70. The number of hydrogen-bond donors (Lipinski definition) is 0. The highest BCUT2D eigenvalue weighted by Gasteiger charge is 2.20. The maximum Gasteiger partial charge on any atom is 0.179 e. The minimum absolute atomic E-state index is 0.230. The van der Waals surface area contributed by atoms with Crippen LogP contribution < -0.4 is 9.47 Å². The summed E-state index contributed by atoms with van der Waals surface area (Å²) in [5.41, 5.74) is 1.13. The highest BCUT2D eigenvalue weighted by molar-refractivity contribution is 6.32. The first kappa shape index (κ1) is 14.7. The van der Waals surface area contributed by atoms with Gasteiger partial charge in [0.1, 0.15) is 6.29 Å². The van der Waals surface area contributed by atoms with Gasteiger partial charge in [-0.05, 0) is 43.6 Å². The fraction of sp³-hybridized carbons (Fsp3) is 0.562. The molecule has 0 aromatic heterocycles. The minimum Gasteiger partial charge on any atom is -0.489 e. The van der Waals surface area contributed by atoms with Crippen molar-refractivity contribution >= 4 is 17.9 Å². The van der Waals surface area contributed by atoms with E-state index in [2.05, 4.69) is 4.90 Å². The molecule has 1 fully saturated rings. The average Bonchev–Trinajstić information content (AvgIpc) is 2.74. The molecular weight excluding hydrogens is 290 g/mol. The maximum atomic E-state index is 10.8. The van der Waals surface area contributed by atoms with Gasteiger partial charge < -0.3 is 14.3 Å². The van der Waals surface area contributed by atoms with Gasteiger partial charge in [-0.3, -0.25) is 4.90 Å². The number of piperidine rings is 1. The molecule has 21 heavy (non-hydrogen) atoms. The maximum absolute atomic E-state index is 10.8. The quantitative estimate of drug-likeness (QED) is 0.805. The highest BCUT2D eigenvalue weighted by atomic mass is 35.5. The van der Waals surface area contributed by atoms with Gasteiger partial charge >= 0.3 is 0 Å². The van der Waals surface area contributed by atoms with Gasteiger partial charge in [0.15, 0.2) is 11.5 Å². The summed E-state index contributed by atoms with van der Waals surface area (Å²) in [5.74, 6) is 1.64. The van der Waals surface area contributed by atoms with E-state index < -0.39 is 0 Å². The van der Waals surface area contributed by atoms with Gasteiger partial charge in [0.05, 0.1) is 18.2 Å². The lowest BCUT2D eigenvalue weighted by Crippen LogP contribution is -2.33. The Morgan fingerprint density at radius 3 is 2.76 bits per heavy atom. The molecule has 5 heteroatoms. The molecule has 0 radical (unpaired) electrons. The molecule has 114 valence electrons. The predicted molar refractivity (Wildman–Crippen MR) is 81.1 cm³/mol. The zero-order valence-electron chi connectivity index (χ0n) is 12.0. The molecule has 0 atom stereocenters. The third-order valence-corrected chi connectivity index (χ3v) is 4.37. The number of carbonyl (C=O) groups excluding carboxylic acids is 1. The molecule has 0 N–H and O–H groups in total. The van der Waals surface area contributed by atoms with Crippen molar-refractivity contribution in [2.45, 2.75) is 25.8 Å². The molecule has 0 saturated carbocycles. The Morgan fingerprint density at radius 1 is 1.24 bits per heavy atom. The van der Waals surface area contributed by atoms with Crippen molar-refractivity contribution in [3.8, 4) is 11.5 Å². The molecule has 1 aromatic carbocycles. The summed E-state index contributed by atoms with van der Waals surface area (Å²) in [6, 6.07) is 3.99. The van der Waals surface area contributed by atoms with E-state index in [-0.39, 0.29) is 5.92 Å². The van der Waals surface area contributed by atoms with Crippen LogP contribution in [0.15, 0.2) is 12.1 Å². The van der Waals surface area contributed by atoms with E-state index >= 15 is 0 Å². The predicted octanol–water partition coefficient (Wildman–Crippen LogP) is 2.91. The fourth-order valence-electron chi connectivity index (χ4n) is 2.88. The van der Waals surface area contributed by atoms with E-state index in [4.69, 9.17) is 21.1 Å². The number of fused-ring (bicyclic) bond motifs is 1. The molecule has 2 aliphatic heterocycles. The van der Waals surface area contributed by atoms with Gasteiger partial charge in [-0.15, -0.1) is 0 Å². The first-order chi connectivity index (χ1) is 10.3. The monoisotopic (exact) mass is 309 g/mol. The van der Waals surface area contributed by atoms with Crippen LogP contribution in [0.5, 0.6) is 11.5 Å². The molecule has 0 amide bonds. The lowest BCUT2D eigenvalue weighted by Gasteiger charge is -2.29. The Kier molecular flexibility index (Phi) is 4.66. The van der Waals surface area contributed by atoms with Gasteiger partial charge in [0.2, 0.25) is 0 Å². The van der Waals surface area contributed by atoms with Crippen molar-refractivity contribution in [3.63, 3.8) is 0 Å². The first-order valence-corrected chi connectivity index (χ1v) is 7.90. The van der Waals surface area contributed by atoms with Crippen LogP contribution in [0.2, 0.25) is 5.02 Å². The molecule has 1 aromatic rings. The molecule has 2 aliphatic rings. The molecule has 2 heterocycles. The van der Waals surface area contributed by atoms with Crippen molar-refractivity contribution in [1.82, 2.24) is 4.90 Å². The number of benzene rings is 1. The van der Waals surface area contributed by atoms with Gasteiger partial charge in [-0.2, -0.15) is 0 Å². The van der Waals surface area contributed by atoms with Gasteiger partial charge in [-0.25, -0.2) is 0 Å². The zero-order valence-corrected chi connectivity index (χ0v) is 12.8. The van der Waals surface area contributed by atoms with Crippen molar-refractivity contribution in [2.75, 3.05) is 26.3 Å². The number of hydrogen-bond acceptors (Lipinski definition) is 4. The Hall–Kier alpha value is -1.26. The minimum atomic E-state index is 0.230. The number of aldehydes is 1. The van der Waals surface area contributed by atoms with Crippen molar-refractivity contribution in [2.24, 2.45) is 5.92 Å². The van der Waals surface area contributed by atoms with Crippen LogP contribution in [0.1, 0.15) is 24.8 Å². The summed E-state index contributed by atoms with van der Waals surface area (Å²) in [7, 11) is 0. The van der Waals surface area contributed by atoms with E-state index in [0.29, 0.717) is 24.0 Å². The van der Waals surface area contributed by atoms with E-state index in [1.54, 1.807) is 0 Å². The van der Waals surface area contributed by atoms with Crippen LogP contribution in [-0.2, 0) is 11.3 Å². The first-order valence-electron chi connectivity index (χ1n) is 7.52. The summed E-state index contributed by atoms with van der Waals surface area (Å²) < 4.78 is 11.4. The van der Waals surface area contributed by atoms with Crippen LogP contribution in [0, 0.1) is 5.92 Å². The normalized spacial score (nSPS) is 20.0. The van der Waals surface area contributed by atoms with Crippen molar-refractivity contribution in [3.05, 3.63) is 22.7 Å². The van der Waals surface area contributed by atoms with E-state index in [1.807, 2.05) is 12.1 Å². The molecule has 4 nitrogen and oxygen atoms in total. The average molecular weight is 310 g/mol. The summed E-state index contributed by atoms with van der Waals surface area (Å²) in [5, 5.41) is 0.618. The van der Waals surface area contributed by atoms with Crippen LogP contribution >= 0.6 is 11.6 Å². The molecular formula is C16H20ClNO3. The van der Waals surface area contributed by atoms with E-state index in [1.165, 1.54) is 0 Å². The van der Waals surface area contributed by atoms with E-state index in [0.717, 1.165) is 56.5 Å². The third-order valence-electron chi connectivity index (χ3n) is 4.09. The lowest BCUT2D eigenvalue weighted by atomic mass is 9.98. The molecule has 1 saturated heterocycles. The van der Waals surface area contributed by atoms with Gasteiger partial charge in [0.25, 0.3) is 0 Å². The Labute approximate surface area is 130 Å². The third kappa shape index (κ3) is 3.50. The summed E-state index contributed by atoms with van der Waals surface area (Å²) in [6.45, 7) is 4.05. The molecule has 0 bridgehead atoms. The number of ether oxygens (including phenoxy) is 2. The van der Waals surface area contributed by atoms with Gasteiger partial charge in [-0.1, -0.05) is 11.6 Å². The SMILES string of the molecule is O=CC1CCN(Cc2cc(Cl)c3c(c2)OCCCO3)CC1. The highest BCUT2D eigenvalue weighted by Crippen LogP contribution is 2.38. The lowest BCUT2D eigenvalue weighted by molar-refractivity contribution is -0.112. The number of nitrogens with zero attached hydrogens (tertiary/aromatic N) is 1. The number of halogens is 1. The summed E-state index contributed by atoms with van der Waals surface area (Å²) >= 11 is 6.31. The molecule has 0 aliphatic carbocycles. The topological polar surface area (TPSA) is 38.8 Å². The largest absolute Gasteiger partial charge is 0.489 e. The molecule has 0 unspecified atom stereocenters. The van der Waals surface area contributed by atoms with Gasteiger partial charge in [0, 0.05) is 18.9 Å². The number of rotatable bonds is 3. The van der Waals surface area contributed by atoms with Crippen LogP contribution in [0.3, 0.4) is 0 Å². The van der Waals surface area contributed by atoms with Crippen molar-refractivity contribution in [1.29, 1.82) is 0 Å². The van der Waals surface area contributed by atoms with Crippen LogP contribution in [-0.4, -0.2) is 37.5 Å². The van der Waals surface area contributed by atoms with E-state index in [9.17, 15) is 4.79 Å². The van der Waals surface area contributed by atoms with Crippen molar-refractivity contribution < 1.29 is 14.3 Å².